The highest BCUT2D eigenvalue weighted by molar-refractivity contribution is 5.76. The van der Waals surface area contributed by atoms with E-state index in [1.54, 1.807) is 27.8 Å². The predicted octanol–water partition coefficient (Wildman–Crippen LogP) is 2.00. The van der Waals surface area contributed by atoms with Crippen LogP contribution < -0.4 is 5.56 Å². The average molecular weight is 354 g/mol. The molecule has 2 aromatic rings. The van der Waals surface area contributed by atoms with Crippen LogP contribution >= 0.6 is 0 Å². The molecule has 1 N–H and O–H groups in total. The first-order valence-electron chi connectivity index (χ1n) is 9.20. The highest BCUT2D eigenvalue weighted by Gasteiger charge is 2.30. The number of amides is 1. The number of hydrogen-bond acceptors (Lipinski definition) is 3. The Bertz CT molecular complexity index is 815. The van der Waals surface area contributed by atoms with Gasteiger partial charge in [0.15, 0.2) is 0 Å². The summed E-state index contributed by atoms with van der Waals surface area (Å²) in [6.07, 6.45) is 3.10. The molecule has 2 heterocycles. The third-order valence-corrected chi connectivity index (χ3v) is 5.12. The van der Waals surface area contributed by atoms with Crippen molar-refractivity contribution in [1.29, 1.82) is 0 Å². The van der Waals surface area contributed by atoms with Gasteiger partial charge in [-0.15, -0.1) is 0 Å². The number of carbonyl (C=O) groups excluding carboxylic acids is 1. The lowest BCUT2D eigenvalue weighted by molar-refractivity contribution is -0.135. The second kappa shape index (κ2) is 8.32. The van der Waals surface area contributed by atoms with E-state index < -0.39 is 6.10 Å². The molecule has 1 aromatic carbocycles. The fourth-order valence-electron chi connectivity index (χ4n) is 3.61. The number of nitrogens with zero attached hydrogens (tertiary/aromatic N) is 2. The molecule has 138 valence electrons. The van der Waals surface area contributed by atoms with E-state index in [4.69, 9.17) is 0 Å². The molecule has 0 aliphatic carbocycles. The summed E-state index contributed by atoms with van der Waals surface area (Å²) in [6, 6.07) is 13.3. The molecule has 0 radical (unpaired) electrons. The van der Waals surface area contributed by atoms with Crippen molar-refractivity contribution in [2.75, 3.05) is 13.1 Å². The highest BCUT2D eigenvalue weighted by Crippen LogP contribution is 2.23. The summed E-state index contributed by atoms with van der Waals surface area (Å²) in [4.78, 5) is 25.9. The summed E-state index contributed by atoms with van der Waals surface area (Å²) >= 11 is 0. The monoisotopic (exact) mass is 354 g/mol. The average Bonchev–Trinajstić information content (AvgIpc) is 2.62. The van der Waals surface area contributed by atoms with Gasteiger partial charge in [0.25, 0.3) is 5.56 Å². The Balaban J connectivity index is 1.52. The van der Waals surface area contributed by atoms with E-state index in [9.17, 15) is 14.7 Å². The zero-order chi connectivity index (χ0) is 18.5. The number of carbonyl (C=O) groups is 1. The van der Waals surface area contributed by atoms with Crippen LogP contribution in [0.15, 0.2) is 53.5 Å². The van der Waals surface area contributed by atoms with Gasteiger partial charge in [0, 0.05) is 38.3 Å². The van der Waals surface area contributed by atoms with Crippen LogP contribution in [0.5, 0.6) is 0 Å². The fraction of sp³-hybridized carbons (Fsp3) is 0.429. The van der Waals surface area contributed by atoms with Crippen molar-refractivity contribution in [2.24, 2.45) is 5.92 Å². The van der Waals surface area contributed by atoms with Crippen molar-refractivity contribution in [2.45, 2.75) is 38.8 Å². The Morgan fingerprint density at radius 1 is 1.23 bits per heavy atom. The summed E-state index contributed by atoms with van der Waals surface area (Å²) < 4.78 is 1.54. The molecule has 2 atom stereocenters. The molecule has 0 saturated carbocycles. The Morgan fingerprint density at radius 3 is 2.81 bits per heavy atom. The normalized spacial score (nSPS) is 20.2. The number of rotatable bonds is 5. The van der Waals surface area contributed by atoms with E-state index in [2.05, 4.69) is 25.1 Å². The van der Waals surface area contributed by atoms with Gasteiger partial charge in [-0.2, -0.15) is 0 Å². The van der Waals surface area contributed by atoms with E-state index in [0.717, 1.165) is 12.8 Å². The Kier molecular flexibility index (Phi) is 5.89. The summed E-state index contributed by atoms with van der Waals surface area (Å²) in [7, 11) is 0. The smallest absolute Gasteiger partial charge is 0.250 e. The van der Waals surface area contributed by atoms with Crippen LogP contribution in [0.3, 0.4) is 0 Å². The standard InChI is InChI=1S/C21H26N2O3/c1-16-5-4-6-17(13-16)14-18-8-11-23(15-19(18)24)21(26)9-12-22-10-3-2-7-20(22)25/h2-7,10,13,18-19,24H,8-9,11-12,14-15H2,1H3/t18-,19+/m1/s1. The highest BCUT2D eigenvalue weighted by atomic mass is 16.3. The van der Waals surface area contributed by atoms with Crippen LogP contribution in [-0.2, 0) is 17.8 Å². The van der Waals surface area contributed by atoms with Crippen LogP contribution in [0, 0.1) is 12.8 Å². The number of aliphatic hydroxyl groups is 1. The van der Waals surface area contributed by atoms with Crippen molar-refractivity contribution >= 4 is 5.91 Å². The first-order valence-corrected chi connectivity index (χ1v) is 9.20. The van der Waals surface area contributed by atoms with Crippen molar-refractivity contribution < 1.29 is 9.90 Å². The Labute approximate surface area is 153 Å². The van der Waals surface area contributed by atoms with Crippen LogP contribution in [-0.4, -0.2) is 39.7 Å². The number of aryl methyl sites for hydroxylation is 2. The Hall–Kier alpha value is -2.40. The van der Waals surface area contributed by atoms with Gasteiger partial charge >= 0.3 is 0 Å². The molecule has 1 aliphatic rings. The zero-order valence-corrected chi connectivity index (χ0v) is 15.2. The number of benzene rings is 1. The van der Waals surface area contributed by atoms with Crippen molar-refractivity contribution in [3.63, 3.8) is 0 Å². The minimum absolute atomic E-state index is 0.00573. The number of hydrogen-bond donors (Lipinski definition) is 1. The molecule has 0 spiro atoms. The maximum atomic E-state index is 12.4. The summed E-state index contributed by atoms with van der Waals surface area (Å²) in [6.45, 7) is 3.48. The number of piperidine rings is 1. The second-order valence-corrected chi connectivity index (χ2v) is 7.13. The quantitative estimate of drug-likeness (QED) is 0.893. The molecular formula is C21H26N2O3. The molecule has 1 amide bonds. The van der Waals surface area contributed by atoms with Crippen molar-refractivity contribution in [1.82, 2.24) is 9.47 Å². The molecule has 1 aliphatic heterocycles. The number of aliphatic hydroxyl groups excluding tert-OH is 1. The van der Waals surface area contributed by atoms with Crippen LogP contribution in [0.1, 0.15) is 24.0 Å². The van der Waals surface area contributed by atoms with Crippen molar-refractivity contribution in [3.05, 3.63) is 70.1 Å². The zero-order valence-electron chi connectivity index (χ0n) is 15.2. The van der Waals surface area contributed by atoms with Gasteiger partial charge in [-0.05, 0) is 37.3 Å². The second-order valence-electron chi connectivity index (χ2n) is 7.13. The maximum Gasteiger partial charge on any atom is 0.250 e. The van der Waals surface area contributed by atoms with Gasteiger partial charge in [0.1, 0.15) is 0 Å². The lowest BCUT2D eigenvalue weighted by atomic mass is 9.87. The number of likely N-dealkylation sites (tertiary alicyclic amines) is 1. The van der Waals surface area contributed by atoms with Gasteiger partial charge in [0.2, 0.25) is 5.91 Å². The summed E-state index contributed by atoms with van der Waals surface area (Å²) in [5.41, 5.74) is 2.36. The SMILES string of the molecule is Cc1cccc(C[C@H]2CCN(C(=O)CCn3ccccc3=O)C[C@@H]2O)c1. The van der Waals surface area contributed by atoms with E-state index in [1.165, 1.54) is 17.2 Å². The number of aromatic nitrogens is 1. The molecule has 0 unspecified atom stereocenters. The van der Waals surface area contributed by atoms with E-state index >= 15 is 0 Å². The van der Waals surface area contributed by atoms with Crippen LogP contribution in [0.25, 0.3) is 0 Å². The van der Waals surface area contributed by atoms with Crippen LogP contribution in [0.4, 0.5) is 0 Å². The lowest BCUT2D eigenvalue weighted by Crippen LogP contribution is -2.47. The minimum atomic E-state index is -0.507. The largest absolute Gasteiger partial charge is 0.391 e. The van der Waals surface area contributed by atoms with Gasteiger partial charge in [-0.25, -0.2) is 0 Å². The molecule has 5 heteroatoms. The van der Waals surface area contributed by atoms with Gasteiger partial charge in [-0.3, -0.25) is 9.59 Å². The molecule has 0 bridgehead atoms. The number of β-amino-alcohol motifs (C(OH)–C–C–N with tert-alkyl or cyclic N) is 1. The third-order valence-electron chi connectivity index (χ3n) is 5.12. The first-order chi connectivity index (χ1) is 12.5. The van der Waals surface area contributed by atoms with E-state index in [1.807, 2.05) is 6.07 Å². The molecule has 26 heavy (non-hydrogen) atoms. The lowest BCUT2D eigenvalue weighted by Gasteiger charge is -2.36. The predicted molar refractivity (Wildman–Crippen MR) is 101 cm³/mol. The van der Waals surface area contributed by atoms with Crippen LogP contribution in [0.2, 0.25) is 0 Å². The van der Waals surface area contributed by atoms with Gasteiger partial charge in [0.05, 0.1) is 6.10 Å². The minimum Gasteiger partial charge on any atom is -0.391 e. The number of pyridine rings is 1. The molecule has 1 aromatic heterocycles. The van der Waals surface area contributed by atoms with Gasteiger partial charge < -0.3 is 14.6 Å². The Morgan fingerprint density at radius 2 is 2.08 bits per heavy atom. The first kappa shape index (κ1) is 18.4. The summed E-state index contributed by atoms with van der Waals surface area (Å²) in [5.74, 6) is 0.173. The molecule has 1 fully saturated rings. The maximum absolute atomic E-state index is 12.4. The summed E-state index contributed by atoms with van der Waals surface area (Å²) in [5, 5.41) is 10.5. The molecule has 3 rings (SSSR count). The topological polar surface area (TPSA) is 62.5 Å². The fourth-order valence-corrected chi connectivity index (χ4v) is 3.61. The van der Waals surface area contributed by atoms with Gasteiger partial charge in [-0.1, -0.05) is 35.9 Å². The van der Waals surface area contributed by atoms with E-state index in [0.29, 0.717) is 19.6 Å². The molecular weight excluding hydrogens is 328 g/mol. The van der Waals surface area contributed by atoms with Crippen molar-refractivity contribution in [3.8, 4) is 0 Å². The van der Waals surface area contributed by atoms with E-state index in [-0.39, 0.29) is 23.8 Å². The molecule has 5 nitrogen and oxygen atoms in total. The third kappa shape index (κ3) is 4.61. The molecule has 1 saturated heterocycles.